The maximum Gasteiger partial charge on any atom is 0.261 e. The molecule has 0 aliphatic heterocycles. The lowest BCUT2D eigenvalue weighted by molar-refractivity contribution is 0.200. The lowest BCUT2D eigenvalue weighted by Gasteiger charge is -2.02. The molecular formula is C10H13ClO3S2. The highest BCUT2D eigenvalue weighted by Gasteiger charge is 2.08. The first kappa shape index (κ1) is 13.8. The Balaban J connectivity index is 2.52. The van der Waals surface area contributed by atoms with Gasteiger partial charge < -0.3 is 4.74 Å². The van der Waals surface area contributed by atoms with Gasteiger partial charge in [-0.25, -0.2) is 8.42 Å². The summed E-state index contributed by atoms with van der Waals surface area (Å²) in [6.07, 6.45) is 0.969. The molecule has 90 valence electrons. The molecule has 0 saturated carbocycles. The Hall–Kier alpha value is -0.230. The summed E-state index contributed by atoms with van der Waals surface area (Å²) in [5.41, 5.74) is 0. The molecule has 0 spiro atoms. The Bertz CT molecular complexity index is 414. The molecular weight excluding hydrogens is 268 g/mol. The van der Waals surface area contributed by atoms with Crippen LogP contribution in [0.5, 0.6) is 0 Å². The second-order valence-corrected chi connectivity index (χ2v) is 6.84. The van der Waals surface area contributed by atoms with Gasteiger partial charge in [0.15, 0.2) is 0 Å². The highest BCUT2D eigenvalue weighted by Crippen LogP contribution is 2.22. The van der Waals surface area contributed by atoms with Crippen molar-refractivity contribution in [3.8, 4) is 0 Å². The van der Waals surface area contributed by atoms with Crippen molar-refractivity contribution in [2.75, 3.05) is 19.5 Å². The number of thioether (sulfide) groups is 1. The molecule has 0 radical (unpaired) electrons. The molecule has 0 N–H and O–H groups in total. The number of hydrogen-bond donors (Lipinski definition) is 0. The molecule has 1 aromatic carbocycles. The van der Waals surface area contributed by atoms with E-state index in [1.807, 2.05) is 0 Å². The van der Waals surface area contributed by atoms with Gasteiger partial charge in [0.1, 0.15) is 0 Å². The first-order valence-electron chi connectivity index (χ1n) is 4.70. The minimum absolute atomic E-state index is 0.135. The average molecular weight is 281 g/mol. The molecule has 0 aliphatic carbocycles. The van der Waals surface area contributed by atoms with Crippen molar-refractivity contribution in [1.29, 1.82) is 0 Å². The summed E-state index contributed by atoms with van der Waals surface area (Å²) in [7, 11) is 3.27. The lowest BCUT2D eigenvalue weighted by atomic mass is 10.4. The summed E-state index contributed by atoms with van der Waals surface area (Å²) in [6, 6.07) is 6.54. The fraction of sp³-hybridized carbons (Fsp3) is 0.400. The predicted molar refractivity (Wildman–Crippen MR) is 66.7 cm³/mol. The average Bonchev–Trinajstić information content (AvgIpc) is 2.24. The molecule has 0 bridgehead atoms. The third-order valence-corrected chi connectivity index (χ3v) is 4.33. The van der Waals surface area contributed by atoms with E-state index in [0.717, 1.165) is 23.7 Å². The number of benzene rings is 1. The Morgan fingerprint density at radius 2 is 1.94 bits per heavy atom. The van der Waals surface area contributed by atoms with E-state index < -0.39 is 9.05 Å². The van der Waals surface area contributed by atoms with Crippen LogP contribution in [0.1, 0.15) is 6.42 Å². The van der Waals surface area contributed by atoms with Gasteiger partial charge in [-0.05, 0) is 30.7 Å². The molecule has 6 heteroatoms. The summed E-state index contributed by atoms with van der Waals surface area (Å²) in [5.74, 6) is 0.945. The van der Waals surface area contributed by atoms with E-state index in [9.17, 15) is 8.42 Å². The van der Waals surface area contributed by atoms with Crippen LogP contribution in [0.15, 0.2) is 34.1 Å². The van der Waals surface area contributed by atoms with Crippen molar-refractivity contribution in [2.45, 2.75) is 16.2 Å². The number of halogens is 1. The van der Waals surface area contributed by atoms with Crippen LogP contribution in [0.3, 0.4) is 0 Å². The van der Waals surface area contributed by atoms with Gasteiger partial charge in [-0.1, -0.05) is 0 Å². The van der Waals surface area contributed by atoms with Gasteiger partial charge in [-0.3, -0.25) is 0 Å². The van der Waals surface area contributed by atoms with Crippen LogP contribution in [0.4, 0.5) is 0 Å². The van der Waals surface area contributed by atoms with Gasteiger partial charge in [0.2, 0.25) is 0 Å². The summed E-state index contributed by atoms with van der Waals surface area (Å²) in [4.78, 5) is 1.16. The number of ether oxygens (including phenoxy) is 1. The zero-order valence-corrected chi connectivity index (χ0v) is 11.2. The van der Waals surface area contributed by atoms with Crippen LogP contribution in [0.25, 0.3) is 0 Å². The maximum absolute atomic E-state index is 11.0. The Labute approximate surface area is 105 Å². The number of rotatable bonds is 6. The van der Waals surface area contributed by atoms with E-state index in [1.54, 1.807) is 31.0 Å². The van der Waals surface area contributed by atoms with Crippen LogP contribution in [-0.2, 0) is 13.8 Å². The zero-order chi connectivity index (χ0) is 12.0. The molecule has 0 aliphatic rings. The first-order chi connectivity index (χ1) is 7.54. The largest absolute Gasteiger partial charge is 0.385 e. The molecule has 0 atom stereocenters. The SMILES string of the molecule is COCCCSc1ccc(S(=O)(=O)Cl)cc1. The van der Waals surface area contributed by atoms with Crippen molar-refractivity contribution in [1.82, 2.24) is 0 Å². The summed E-state index contributed by atoms with van der Waals surface area (Å²) >= 11 is 1.66. The predicted octanol–water partition coefficient (Wildman–Crippen LogP) is 2.74. The normalized spacial score (nSPS) is 11.6. The Kier molecular flexibility index (Phi) is 5.61. The molecule has 0 unspecified atom stereocenters. The second-order valence-electron chi connectivity index (χ2n) is 3.10. The van der Waals surface area contributed by atoms with E-state index in [2.05, 4.69) is 0 Å². The van der Waals surface area contributed by atoms with E-state index in [1.165, 1.54) is 12.1 Å². The molecule has 1 aromatic rings. The fourth-order valence-corrected chi connectivity index (χ4v) is 2.69. The summed E-state index contributed by atoms with van der Waals surface area (Å²) in [6.45, 7) is 0.737. The zero-order valence-electron chi connectivity index (χ0n) is 8.85. The number of methoxy groups -OCH3 is 1. The first-order valence-corrected chi connectivity index (χ1v) is 8.00. The number of hydrogen-bond acceptors (Lipinski definition) is 4. The van der Waals surface area contributed by atoms with Crippen LogP contribution < -0.4 is 0 Å². The van der Waals surface area contributed by atoms with E-state index in [-0.39, 0.29) is 4.90 Å². The van der Waals surface area contributed by atoms with Gasteiger partial charge in [0, 0.05) is 35.0 Å². The van der Waals surface area contributed by atoms with Crippen molar-refractivity contribution < 1.29 is 13.2 Å². The van der Waals surface area contributed by atoms with Crippen LogP contribution in [0.2, 0.25) is 0 Å². The minimum Gasteiger partial charge on any atom is -0.385 e. The molecule has 0 saturated heterocycles. The molecule has 0 heterocycles. The standard InChI is InChI=1S/C10H13ClO3S2/c1-14-7-2-8-15-9-3-5-10(6-4-9)16(11,12)13/h3-6H,2,7-8H2,1H3. The highest BCUT2D eigenvalue weighted by molar-refractivity contribution is 8.13. The third-order valence-electron chi connectivity index (χ3n) is 1.87. The maximum atomic E-state index is 11.0. The van der Waals surface area contributed by atoms with Crippen molar-refractivity contribution >= 4 is 31.5 Å². The minimum atomic E-state index is -3.61. The molecule has 0 aromatic heterocycles. The van der Waals surface area contributed by atoms with Crippen LogP contribution in [-0.4, -0.2) is 27.9 Å². The molecule has 0 fully saturated rings. The monoisotopic (exact) mass is 280 g/mol. The van der Waals surface area contributed by atoms with E-state index in [4.69, 9.17) is 15.4 Å². The van der Waals surface area contributed by atoms with Gasteiger partial charge in [0.05, 0.1) is 4.90 Å². The van der Waals surface area contributed by atoms with E-state index >= 15 is 0 Å². The third kappa shape index (κ3) is 4.74. The lowest BCUT2D eigenvalue weighted by Crippen LogP contribution is -1.91. The van der Waals surface area contributed by atoms with Gasteiger partial charge >= 0.3 is 0 Å². The van der Waals surface area contributed by atoms with Crippen molar-refractivity contribution in [2.24, 2.45) is 0 Å². The quantitative estimate of drug-likeness (QED) is 0.457. The summed E-state index contributed by atoms with van der Waals surface area (Å²) in [5, 5.41) is 0. The van der Waals surface area contributed by atoms with Crippen molar-refractivity contribution in [3.05, 3.63) is 24.3 Å². The highest BCUT2D eigenvalue weighted by atomic mass is 35.7. The van der Waals surface area contributed by atoms with E-state index in [0.29, 0.717) is 0 Å². The topological polar surface area (TPSA) is 43.4 Å². The van der Waals surface area contributed by atoms with Gasteiger partial charge in [-0.2, -0.15) is 0 Å². The molecule has 0 amide bonds. The van der Waals surface area contributed by atoms with Crippen LogP contribution >= 0.6 is 22.4 Å². The Morgan fingerprint density at radius 3 is 2.44 bits per heavy atom. The smallest absolute Gasteiger partial charge is 0.261 e. The Morgan fingerprint density at radius 1 is 1.31 bits per heavy atom. The van der Waals surface area contributed by atoms with Crippen LogP contribution in [0, 0.1) is 0 Å². The molecule has 16 heavy (non-hydrogen) atoms. The second kappa shape index (κ2) is 6.49. The van der Waals surface area contributed by atoms with Gasteiger partial charge in [-0.15, -0.1) is 11.8 Å². The molecule has 1 rings (SSSR count). The summed E-state index contributed by atoms with van der Waals surface area (Å²) < 4.78 is 26.9. The van der Waals surface area contributed by atoms with Gasteiger partial charge in [0.25, 0.3) is 9.05 Å². The fourth-order valence-electron chi connectivity index (χ4n) is 1.09. The van der Waals surface area contributed by atoms with Crippen molar-refractivity contribution in [3.63, 3.8) is 0 Å². The molecule has 3 nitrogen and oxygen atoms in total.